The molecule has 0 saturated heterocycles. The van der Waals surface area contributed by atoms with Crippen LogP contribution in [-0.4, -0.2) is 27.1 Å². The quantitative estimate of drug-likeness (QED) is 0.787. The van der Waals surface area contributed by atoms with Crippen molar-refractivity contribution in [1.29, 1.82) is 0 Å². The lowest BCUT2D eigenvalue weighted by molar-refractivity contribution is 0.0696. The van der Waals surface area contributed by atoms with Gasteiger partial charge < -0.3 is 5.11 Å². The molecule has 0 fully saturated rings. The average molecular weight is 216 g/mol. The number of nitrogens with zero attached hydrogens (tertiary/aromatic N) is 2. The molecular formula is C11H8N2O3. The fourth-order valence-corrected chi connectivity index (χ4v) is 1.38. The van der Waals surface area contributed by atoms with Crippen molar-refractivity contribution in [3.63, 3.8) is 0 Å². The molecule has 0 spiro atoms. The summed E-state index contributed by atoms with van der Waals surface area (Å²) < 4.78 is 1.37. The van der Waals surface area contributed by atoms with Gasteiger partial charge in [-0.2, -0.15) is 5.10 Å². The van der Waals surface area contributed by atoms with Crippen molar-refractivity contribution in [1.82, 2.24) is 9.78 Å². The van der Waals surface area contributed by atoms with E-state index >= 15 is 0 Å². The Hall–Kier alpha value is -2.43. The Kier molecular flexibility index (Phi) is 2.51. The van der Waals surface area contributed by atoms with Crippen molar-refractivity contribution in [2.45, 2.75) is 0 Å². The number of aromatic nitrogens is 2. The summed E-state index contributed by atoms with van der Waals surface area (Å²) in [5.74, 6) is -1.03. The van der Waals surface area contributed by atoms with Gasteiger partial charge in [0, 0.05) is 6.20 Å². The predicted octanol–water partition coefficient (Wildman–Crippen LogP) is 1.38. The number of carboxylic acid groups (broad SMARTS) is 1. The van der Waals surface area contributed by atoms with Crippen molar-refractivity contribution >= 4 is 12.3 Å². The van der Waals surface area contributed by atoms with Crippen LogP contribution in [0.15, 0.2) is 36.7 Å². The molecule has 0 bridgehead atoms. The lowest BCUT2D eigenvalue weighted by Crippen LogP contribution is -2.05. The van der Waals surface area contributed by atoms with Gasteiger partial charge in [-0.25, -0.2) is 9.48 Å². The zero-order valence-corrected chi connectivity index (χ0v) is 8.20. The number of hydrogen-bond donors (Lipinski definition) is 1. The lowest BCUT2D eigenvalue weighted by Gasteiger charge is -2.04. The summed E-state index contributed by atoms with van der Waals surface area (Å²) >= 11 is 0. The number of para-hydroxylation sites is 1. The van der Waals surface area contributed by atoms with Gasteiger partial charge in [-0.1, -0.05) is 12.1 Å². The molecule has 0 amide bonds. The third kappa shape index (κ3) is 1.70. The molecule has 1 heterocycles. The number of carboxylic acids is 1. The summed E-state index contributed by atoms with van der Waals surface area (Å²) in [7, 11) is 0. The molecule has 0 aliphatic heterocycles. The summed E-state index contributed by atoms with van der Waals surface area (Å²) in [6.45, 7) is 0. The number of hydrogen-bond acceptors (Lipinski definition) is 3. The molecule has 1 N–H and O–H groups in total. The van der Waals surface area contributed by atoms with E-state index in [1.807, 2.05) is 0 Å². The van der Waals surface area contributed by atoms with Gasteiger partial charge in [0.25, 0.3) is 0 Å². The molecule has 2 rings (SSSR count). The minimum absolute atomic E-state index is 0.142. The second-order valence-corrected chi connectivity index (χ2v) is 3.16. The Morgan fingerprint density at radius 1 is 1.38 bits per heavy atom. The molecule has 0 saturated carbocycles. The van der Waals surface area contributed by atoms with Gasteiger partial charge in [-0.3, -0.25) is 4.79 Å². The zero-order chi connectivity index (χ0) is 11.5. The number of aldehydes is 1. The second-order valence-electron chi connectivity index (χ2n) is 3.16. The largest absolute Gasteiger partial charge is 0.478 e. The molecule has 1 aromatic heterocycles. The van der Waals surface area contributed by atoms with Crippen LogP contribution in [0, 0.1) is 0 Å². The molecule has 2 aromatic rings. The van der Waals surface area contributed by atoms with E-state index in [1.165, 1.54) is 23.1 Å². The molecule has 5 nitrogen and oxygen atoms in total. The first-order chi connectivity index (χ1) is 7.72. The maximum absolute atomic E-state index is 11.0. The smallest absolute Gasteiger partial charge is 0.337 e. The van der Waals surface area contributed by atoms with E-state index in [2.05, 4.69) is 5.10 Å². The molecule has 80 valence electrons. The van der Waals surface area contributed by atoms with Crippen LogP contribution in [0.4, 0.5) is 0 Å². The molecule has 0 aliphatic rings. The van der Waals surface area contributed by atoms with Crippen LogP contribution in [-0.2, 0) is 0 Å². The van der Waals surface area contributed by atoms with Crippen molar-refractivity contribution in [3.8, 4) is 5.69 Å². The third-order valence-corrected chi connectivity index (χ3v) is 2.12. The third-order valence-electron chi connectivity index (χ3n) is 2.12. The van der Waals surface area contributed by atoms with Crippen molar-refractivity contribution in [3.05, 3.63) is 47.8 Å². The Bertz CT molecular complexity index is 546. The summed E-state index contributed by atoms with van der Waals surface area (Å²) in [4.78, 5) is 21.5. The number of aromatic carboxylic acids is 1. The maximum atomic E-state index is 11.0. The SMILES string of the molecule is O=Cc1cnn(-c2ccccc2C(=O)O)c1. The molecule has 5 heteroatoms. The topological polar surface area (TPSA) is 72.2 Å². The standard InChI is InChI=1S/C11H8N2O3/c14-7-8-5-12-13(6-8)10-4-2-1-3-9(10)11(15)16/h1-7H,(H,15,16). The maximum Gasteiger partial charge on any atom is 0.337 e. The second kappa shape index (κ2) is 3.98. The van der Waals surface area contributed by atoms with Crippen LogP contribution in [0.3, 0.4) is 0 Å². The van der Waals surface area contributed by atoms with Gasteiger partial charge in [0.05, 0.1) is 23.0 Å². The number of benzene rings is 1. The number of rotatable bonds is 3. The Morgan fingerprint density at radius 2 is 2.12 bits per heavy atom. The van der Waals surface area contributed by atoms with Crippen LogP contribution in [0.2, 0.25) is 0 Å². The monoisotopic (exact) mass is 216 g/mol. The molecule has 0 aliphatic carbocycles. The van der Waals surface area contributed by atoms with Gasteiger partial charge in [0.2, 0.25) is 0 Å². The van der Waals surface area contributed by atoms with E-state index in [4.69, 9.17) is 5.11 Å². The van der Waals surface area contributed by atoms with E-state index < -0.39 is 5.97 Å². The van der Waals surface area contributed by atoms with Gasteiger partial charge >= 0.3 is 5.97 Å². The minimum atomic E-state index is -1.03. The van der Waals surface area contributed by atoms with E-state index in [9.17, 15) is 9.59 Å². The van der Waals surface area contributed by atoms with E-state index in [-0.39, 0.29) is 5.56 Å². The normalized spacial score (nSPS) is 10.0. The van der Waals surface area contributed by atoms with E-state index in [0.29, 0.717) is 17.5 Å². The molecule has 1 aromatic carbocycles. The van der Waals surface area contributed by atoms with Gasteiger partial charge in [-0.15, -0.1) is 0 Å². The Balaban J connectivity index is 2.54. The van der Waals surface area contributed by atoms with Gasteiger partial charge in [0.1, 0.15) is 0 Å². The number of carbonyl (C=O) groups excluding carboxylic acids is 1. The molecule has 0 radical (unpaired) electrons. The van der Waals surface area contributed by atoms with E-state index in [0.717, 1.165) is 0 Å². The van der Waals surface area contributed by atoms with Gasteiger partial charge in [0.15, 0.2) is 6.29 Å². The van der Waals surface area contributed by atoms with Crippen LogP contribution >= 0.6 is 0 Å². The first kappa shape index (κ1) is 10.1. The average Bonchev–Trinajstić information content (AvgIpc) is 2.77. The van der Waals surface area contributed by atoms with Crippen LogP contribution in [0.25, 0.3) is 5.69 Å². The summed E-state index contributed by atoms with van der Waals surface area (Å²) in [6, 6.07) is 6.46. The molecule has 16 heavy (non-hydrogen) atoms. The minimum Gasteiger partial charge on any atom is -0.478 e. The van der Waals surface area contributed by atoms with Gasteiger partial charge in [-0.05, 0) is 12.1 Å². The highest BCUT2D eigenvalue weighted by atomic mass is 16.4. The molecular weight excluding hydrogens is 208 g/mol. The van der Waals surface area contributed by atoms with Crippen LogP contribution in [0.1, 0.15) is 20.7 Å². The highest BCUT2D eigenvalue weighted by molar-refractivity contribution is 5.91. The van der Waals surface area contributed by atoms with Crippen LogP contribution in [0.5, 0.6) is 0 Å². The Morgan fingerprint density at radius 3 is 2.75 bits per heavy atom. The summed E-state index contributed by atoms with van der Waals surface area (Å²) in [5.41, 5.74) is 0.978. The van der Waals surface area contributed by atoms with Crippen LogP contribution < -0.4 is 0 Å². The van der Waals surface area contributed by atoms with Crippen molar-refractivity contribution < 1.29 is 14.7 Å². The fraction of sp³-hybridized carbons (Fsp3) is 0. The zero-order valence-electron chi connectivity index (χ0n) is 8.20. The predicted molar refractivity (Wildman–Crippen MR) is 55.9 cm³/mol. The summed E-state index contributed by atoms with van der Waals surface area (Å²) in [6.07, 6.45) is 3.52. The highest BCUT2D eigenvalue weighted by Crippen LogP contribution is 2.13. The van der Waals surface area contributed by atoms with Crippen molar-refractivity contribution in [2.75, 3.05) is 0 Å². The Labute approximate surface area is 90.9 Å². The summed E-state index contributed by atoms with van der Waals surface area (Å²) in [5, 5.41) is 12.9. The fourth-order valence-electron chi connectivity index (χ4n) is 1.38. The molecule has 0 atom stereocenters. The highest BCUT2D eigenvalue weighted by Gasteiger charge is 2.11. The first-order valence-electron chi connectivity index (χ1n) is 4.55. The first-order valence-corrected chi connectivity index (χ1v) is 4.55. The van der Waals surface area contributed by atoms with E-state index in [1.54, 1.807) is 18.2 Å². The molecule has 0 unspecified atom stereocenters. The lowest BCUT2D eigenvalue weighted by atomic mass is 10.2. The van der Waals surface area contributed by atoms with Crippen molar-refractivity contribution in [2.24, 2.45) is 0 Å². The number of carbonyl (C=O) groups is 2.